The predicted molar refractivity (Wildman–Crippen MR) is 57.8 cm³/mol. The third-order valence-corrected chi connectivity index (χ3v) is 3.12. The summed E-state index contributed by atoms with van der Waals surface area (Å²) in [6, 6.07) is 0.540. The van der Waals surface area contributed by atoms with Crippen LogP contribution < -0.4 is 5.43 Å². The van der Waals surface area contributed by atoms with Gasteiger partial charge in [-0.3, -0.25) is 10.2 Å². The zero-order valence-electron chi connectivity index (χ0n) is 10.1. The van der Waals surface area contributed by atoms with Crippen molar-refractivity contribution in [3.05, 3.63) is 0 Å². The van der Waals surface area contributed by atoms with Crippen LogP contribution in [0, 0.1) is 11.3 Å². The molecule has 0 spiro atoms. The predicted octanol–water partition coefficient (Wildman–Crippen LogP) is 1.44. The molecule has 0 radical (unpaired) electrons. The van der Waals surface area contributed by atoms with Crippen molar-refractivity contribution in [1.82, 2.24) is 10.4 Å². The highest BCUT2D eigenvalue weighted by atomic mass is 16.1. The molecule has 3 unspecified atom stereocenters. The SMILES string of the molecule is CC1NN(C)C(C)C1C(=O)C(C)(C)C. The van der Waals surface area contributed by atoms with E-state index >= 15 is 0 Å². The Bertz CT molecular complexity index is 232. The number of hydrazine groups is 1. The second-order valence-corrected chi connectivity index (χ2v) is 5.41. The summed E-state index contributed by atoms with van der Waals surface area (Å²) in [7, 11) is 2.00. The van der Waals surface area contributed by atoms with E-state index in [1.807, 2.05) is 32.8 Å². The van der Waals surface area contributed by atoms with Gasteiger partial charge in [-0.05, 0) is 13.8 Å². The van der Waals surface area contributed by atoms with Crippen LogP contribution in [0.1, 0.15) is 34.6 Å². The fraction of sp³-hybridized carbons (Fsp3) is 0.909. The zero-order valence-corrected chi connectivity index (χ0v) is 10.1. The topological polar surface area (TPSA) is 32.3 Å². The number of nitrogens with zero attached hydrogens (tertiary/aromatic N) is 1. The van der Waals surface area contributed by atoms with E-state index < -0.39 is 0 Å². The van der Waals surface area contributed by atoms with E-state index in [4.69, 9.17) is 0 Å². The van der Waals surface area contributed by atoms with E-state index in [0.29, 0.717) is 5.78 Å². The molecule has 1 aliphatic heterocycles. The molecule has 3 nitrogen and oxygen atoms in total. The molecule has 1 fully saturated rings. The van der Waals surface area contributed by atoms with Crippen LogP contribution in [0.5, 0.6) is 0 Å². The molecule has 0 bridgehead atoms. The summed E-state index contributed by atoms with van der Waals surface area (Å²) in [4.78, 5) is 12.2. The summed E-state index contributed by atoms with van der Waals surface area (Å²) >= 11 is 0. The zero-order chi connectivity index (χ0) is 11.1. The minimum Gasteiger partial charge on any atom is -0.299 e. The Labute approximate surface area is 86.8 Å². The molecule has 0 aliphatic carbocycles. The lowest BCUT2D eigenvalue weighted by Gasteiger charge is -2.26. The highest BCUT2D eigenvalue weighted by molar-refractivity contribution is 5.87. The van der Waals surface area contributed by atoms with Crippen molar-refractivity contribution in [3.63, 3.8) is 0 Å². The van der Waals surface area contributed by atoms with Gasteiger partial charge in [-0.25, -0.2) is 5.01 Å². The van der Waals surface area contributed by atoms with Crippen LogP contribution in [0.15, 0.2) is 0 Å². The van der Waals surface area contributed by atoms with Crippen molar-refractivity contribution >= 4 is 5.78 Å². The lowest BCUT2D eigenvalue weighted by atomic mass is 9.78. The molecule has 0 amide bonds. The Hall–Kier alpha value is -0.410. The van der Waals surface area contributed by atoms with E-state index in [0.717, 1.165) is 0 Å². The molecule has 0 aromatic carbocycles. The van der Waals surface area contributed by atoms with Gasteiger partial charge in [0.05, 0.1) is 5.92 Å². The highest BCUT2D eigenvalue weighted by Gasteiger charge is 2.42. The van der Waals surface area contributed by atoms with Gasteiger partial charge >= 0.3 is 0 Å². The molecule has 1 aliphatic rings. The van der Waals surface area contributed by atoms with Crippen LogP contribution in [0.25, 0.3) is 0 Å². The summed E-state index contributed by atoms with van der Waals surface area (Å²) in [6.45, 7) is 10.2. The van der Waals surface area contributed by atoms with Crippen molar-refractivity contribution in [2.24, 2.45) is 11.3 Å². The summed E-state index contributed by atoms with van der Waals surface area (Å²) < 4.78 is 0. The quantitative estimate of drug-likeness (QED) is 0.692. The number of carbonyl (C=O) groups excluding carboxylic acids is 1. The number of ketones is 1. The summed E-state index contributed by atoms with van der Waals surface area (Å²) in [5.74, 6) is 0.467. The van der Waals surface area contributed by atoms with Gasteiger partial charge in [0.1, 0.15) is 5.78 Å². The lowest BCUT2D eigenvalue weighted by molar-refractivity contribution is -0.131. The molecule has 0 aromatic heterocycles. The van der Waals surface area contributed by atoms with Crippen molar-refractivity contribution in [2.75, 3.05) is 7.05 Å². The number of Topliss-reactive ketones (excluding diaryl/α,β-unsaturated/α-hetero) is 1. The second kappa shape index (κ2) is 3.63. The van der Waals surface area contributed by atoms with Crippen LogP contribution in [-0.4, -0.2) is 29.9 Å². The Morgan fingerprint density at radius 1 is 1.29 bits per heavy atom. The number of rotatable bonds is 1. The maximum absolute atomic E-state index is 12.2. The van der Waals surface area contributed by atoms with Gasteiger partial charge in [-0.1, -0.05) is 20.8 Å². The van der Waals surface area contributed by atoms with Gasteiger partial charge in [0.15, 0.2) is 0 Å². The first-order chi connectivity index (χ1) is 6.25. The standard InChI is InChI=1S/C11H22N2O/c1-7-9(8(2)13(6)12-7)10(14)11(3,4)5/h7-9,12H,1-6H3. The molecule has 1 saturated heterocycles. The fourth-order valence-corrected chi connectivity index (χ4v) is 2.12. The van der Waals surface area contributed by atoms with Crippen LogP contribution in [0.3, 0.4) is 0 Å². The maximum atomic E-state index is 12.2. The van der Waals surface area contributed by atoms with Gasteiger partial charge < -0.3 is 0 Å². The van der Waals surface area contributed by atoms with E-state index in [9.17, 15) is 4.79 Å². The summed E-state index contributed by atoms with van der Waals surface area (Å²) in [5, 5.41) is 2.04. The van der Waals surface area contributed by atoms with Gasteiger partial charge in [0, 0.05) is 24.5 Å². The summed E-state index contributed by atoms with van der Waals surface area (Å²) in [6.07, 6.45) is 0. The van der Waals surface area contributed by atoms with Gasteiger partial charge in [0.2, 0.25) is 0 Å². The van der Waals surface area contributed by atoms with Gasteiger partial charge in [-0.2, -0.15) is 0 Å². The third kappa shape index (κ3) is 1.98. The molecule has 14 heavy (non-hydrogen) atoms. The molecular formula is C11H22N2O. The summed E-state index contributed by atoms with van der Waals surface area (Å²) in [5.41, 5.74) is 3.05. The molecule has 0 saturated carbocycles. The first kappa shape index (κ1) is 11.7. The average Bonchev–Trinajstić information content (AvgIpc) is 2.24. The van der Waals surface area contributed by atoms with Crippen LogP contribution in [0.2, 0.25) is 0 Å². The molecule has 1 rings (SSSR count). The van der Waals surface area contributed by atoms with Gasteiger partial charge in [-0.15, -0.1) is 0 Å². The van der Waals surface area contributed by atoms with Crippen LogP contribution >= 0.6 is 0 Å². The van der Waals surface area contributed by atoms with Crippen LogP contribution in [0.4, 0.5) is 0 Å². The molecule has 0 aromatic rings. The lowest BCUT2D eigenvalue weighted by Crippen LogP contribution is -2.38. The monoisotopic (exact) mass is 198 g/mol. The number of hydrogen-bond donors (Lipinski definition) is 1. The molecule has 3 atom stereocenters. The number of nitrogens with one attached hydrogen (secondary N) is 1. The average molecular weight is 198 g/mol. The van der Waals surface area contributed by atoms with E-state index in [1.54, 1.807) is 0 Å². The Kier molecular flexibility index (Phi) is 3.02. The normalized spacial score (nSPS) is 34.9. The minimum absolute atomic E-state index is 0.111. The fourth-order valence-electron chi connectivity index (χ4n) is 2.12. The first-order valence-corrected chi connectivity index (χ1v) is 5.28. The Balaban J connectivity index is 2.83. The largest absolute Gasteiger partial charge is 0.299 e. The van der Waals surface area contributed by atoms with Crippen molar-refractivity contribution in [3.8, 4) is 0 Å². The van der Waals surface area contributed by atoms with Crippen molar-refractivity contribution < 1.29 is 4.79 Å². The molecule has 1 N–H and O–H groups in total. The van der Waals surface area contributed by atoms with E-state index in [1.165, 1.54) is 0 Å². The number of hydrogen-bond acceptors (Lipinski definition) is 3. The van der Waals surface area contributed by atoms with E-state index in [-0.39, 0.29) is 23.4 Å². The molecule has 82 valence electrons. The maximum Gasteiger partial charge on any atom is 0.144 e. The Morgan fingerprint density at radius 2 is 1.79 bits per heavy atom. The molecular weight excluding hydrogens is 176 g/mol. The molecule has 1 heterocycles. The third-order valence-electron chi connectivity index (χ3n) is 3.12. The molecule has 3 heteroatoms. The first-order valence-electron chi connectivity index (χ1n) is 5.28. The number of carbonyl (C=O) groups is 1. The van der Waals surface area contributed by atoms with E-state index in [2.05, 4.69) is 19.3 Å². The van der Waals surface area contributed by atoms with Crippen molar-refractivity contribution in [2.45, 2.75) is 46.7 Å². The smallest absolute Gasteiger partial charge is 0.144 e. The second-order valence-electron chi connectivity index (χ2n) is 5.41. The Morgan fingerprint density at radius 3 is 2.07 bits per heavy atom. The minimum atomic E-state index is -0.236. The highest BCUT2D eigenvalue weighted by Crippen LogP contribution is 2.29. The van der Waals surface area contributed by atoms with Crippen LogP contribution in [-0.2, 0) is 4.79 Å². The van der Waals surface area contributed by atoms with Gasteiger partial charge in [0.25, 0.3) is 0 Å². The van der Waals surface area contributed by atoms with Crippen molar-refractivity contribution in [1.29, 1.82) is 0 Å².